The molecule has 2 unspecified atom stereocenters. The normalized spacial score (nSPS) is 23.7. The van der Waals surface area contributed by atoms with Gasteiger partial charge in [0.05, 0.1) is 5.25 Å². The Morgan fingerprint density at radius 3 is 2.60 bits per heavy atom. The number of rotatable bonds is 5. The van der Waals surface area contributed by atoms with E-state index in [1.807, 2.05) is 24.3 Å². The van der Waals surface area contributed by atoms with E-state index < -0.39 is 9.84 Å². The van der Waals surface area contributed by atoms with Crippen LogP contribution in [0.3, 0.4) is 0 Å². The standard InChI is InChI=1S/C15H22ClNO2S/c1-20(18,19)15-4-2-3-14(11-15)17-10-9-12-5-7-13(16)8-6-12/h5-8,14-15,17H,2-4,9-11H2,1H3. The molecule has 1 fully saturated rings. The molecule has 3 nitrogen and oxygen atoms in total. The van der Waals surface area contributed by atoms with Crippen LogP contribution in [0.25, 0.3) is 0 Å². The second-order valence-electron chi connectivity index (χ2n) is 5.65. The smallest absolute Gasteiger partial charge is 0.150 e. The highest BCUT2D eigenvalue weighted by molar-refractivity contribution is 7.91. The van der Waals surface area contributed by atoms with E-state index in [1.54, 1.807) is 0 Å². The van der Waals surface area contributed by atoms with Gasteiger partial charge in [-0.15, -0.1) is 0 Å². The summed E-state index contributed by atoms with van der Waals surface area (Å²) in [6.07, 6.45) is 5.93. The molecule has 1 aromatic carbocycles. The molecule has 1 aromatic rings. The van der Waals surface area contributed by atoms with Crippen molar-refractivity contribution in [2.45, 2.75) is 43.4 Å². The first-order valence-corrected chi connectivity index (χ1v) is 9.45. The molecule has 2 atom stereocenters. The van der Waals surface area contributed by atoms with Gasteiger partial charge in [0, 0.05) is 17.3 Å². The van der Waals surface area contributed by atoms with E-state index in [0.29, 0.717) is 6.04 Å². The molecule has 0 amide bonds. The Morgan fingerprint density at radius 2 is 1.95 bits per heavy atom. The lowest BCUT2D eigenvalue weighted by molar-refractivity contribution is 0.374. The second-order valence-corrected chi connectivity index (χ2v) is 8.41. The summed E-state index contributed by atoms with van der Waals surface area (Å²) in [6, 6.07) is 8.19. The molecule has 0 saturated heterocycles. The monoisotopic (exact) mass is 315 g/mol. The zero-order valence-corrected chi connectivity index (χ0v) is 13.4. The Balaban J connectivity index is 1.78. The third-order valence-electron chi connectivity index (χ3n) is 3.99. The SMILES string of the molecule is CS(=O)(=O)C1CCCC(NCCc2ccc(Cl)cc2)C1. The van der Waals surface area contributed by atoms with Gasteiger partial charge in [-0.05, 0) is 49.9 Å². The first-order valence-electron chi connectivity index (χ1n) is 7.12. The van der Waals surface area contributed by atoms with Crippen LogP contribution in [0.2, 0.25) is 5.02 Å². The van der Waals surface area contributed by atoms with Gasteiger partial charge in [0.15, 0.2) is 0 Å². The molecule has 2 rings (SSSR count). The van der Waals surface area contributed by atoms with Gasteiger partial charge < -0.3 is 5.32 Å². The van der Waals surface area contributed by atoms with E-state index in [-0.39, 0.29) is 5.25 Å². The Kier molecular flexibility index (Phi) is 5.47. The number of hydrogen-bond donors (Lipinski definition) is 1. The highest BCUT2D eigenvalue weighted by Gasteiger charge is 2.28. The van der Waals surface area contributed by atoms with Crippen LogP contribution < -0.4 is 5.32 Å². The average molecular weight is 316 g/mol. The van der Waals surface area contributed by atoms with Crippen LogP contribution in [-0.2, 0) is 16.3 Å². The highest BCUT2D eigenvalue weighted by Crippen LogP contribution is 2.23. The molecule has 0 aliphatic heterocycles. The molecule has 0 bridgehead atoms. The molecule has 112 valence electrons. The van der Waals surface area contributed by atoms with Gasteiger partial charge in [-0.25, -0.2) is 8.42 Å². The van der Waals surface area contributed by atoms with Crippen LogP contribution in [-0.4, -0.2) is 32.5 Å². The number of benzene rings is 1. The zero-order valence-electron chi connectivity index (χ0n) is 11.8. The second kappa shape index (κ2) is 6.92. The van der Waals surface area contributed by atoms with Gasteiger partial charge in [-0.1, -0.05) is 30.2 Å². The summed E-state index contributed by atoms with van der Waals surface area (Å²) in [5.41, 5.74) is 1.25. The minimum atomic E-state index is -2.90. The maximum Gasteiger partial charge on any atom is 0.150 e. The predicted molar refractivity (Wildman–Crippen MR) is 84.0 cm³/mol. The molecule has 5 heteroatoms. The first-order chi connectivity index (χ1) is 9.45. The van der Waals surface area contributed by atoms with Gasteiger partial charge in [-0.3, -0.25) is 0 Å². The van der Waals surface area contributed by atoms with Gasteiger partial charge in [-0.2, -0.15) is 0 Å². The maximum atomic E-state index is 11.6. The molecule has 0 radical (unpaired) electrons. The first kappa shape index (κ1) is 15.8. The fourth-order valence-corrected chi connectivity index (χ4v) is 4.09. The number of halogens is 1. The summed E-state index contributed by atoms with van der Waals surface area (Å²) in [7, 11) is -2.90. The molecule has 0 heterocycles. The van der Waals surface area contributed by atoms with E-state index in [4.69, 9.17) is 11.6 Å². The lowest BCUT2D eigenvalue weighted by atomic mass is 9.95. The maximum absolute atomic E-state index is 11.6. The van der Waals surface area contributed by atoms with Crippen molar-refractivity contribution in [2.24, 2.45) is 0 Å². The van der Waals surface area contributed by atoms with E-state index in [1.165, 1.54) is 11.8 Å². The number of sulfone groups is 1. The predicted octanol–water partition coefficient (Wildman–Crippen LogP) is 2.83. The summed E-state index contributed by atoms with van der Waals surface area (Å²) in [5.74, 6) is 0. The summed E-state index contributed by atoms with van der Waals surface area (Å²) in [4.78, 5) is 0. The van der Waals surface area contributed by atoms with Crippen molar-refractivity contribution in [2.75, 3.05) is 12.8 Å². The van der Waals surface area contributed by atoms with Crippen molar-refractivity contribution in [3.63, 3.8) is 0 Å². The Morgan fingerprint density at radius 1 is 1.25 bits per heavy atom. The molecule has 1 N–H and O–H groups in total. The molecule has 1 aliphatic rings. The molecule has 0 aromatic heterocycles. The van der Waals surface area contributed by atoms with E-state index in [9.17, 15) is 8.42 Å². The van der Waals surface area contributed by atoms with Crippen molar-refractivity contribution in [1.82, 2.24) is 5.32 Å². The minimum Gasteiger partial charge on any atom is -0.314 e. The van der Waals surface area contributed by atoms with E-state index in [2.05, 4.69) is 5.32 Å². The third kappa shape index (κ3) is 4.76. The van der Waals surface area contributed by atoms with Crippen molar-refractivity contribution in [3.8, 4) is 0 Å². The van der Waals surface area contributed by atoms with Crippen molar-refractivity contribution >= 4 is 21.4 Å². The number of nitrogens with one attached hydrogen (secondary N) is 1. The Hall–Kier alpha value is -0.580. The fourth-order valence-electron chi connectivity index (χ4n) is 2.79. The number of hydrogen-bond acceptors (Lipinski definition) is 3. The van der Waals surface area contributed by atoms with Crippen LogP contribution in [0.1, 0.15) is 31.2 Å². The van der Waals surface area contributed by atoms with Gasteiger partial charge in [0.2, 0.25) is 0 Å². The van der Waals surface area contributed by atoms with Gasteiger partial charge in [0.1, 0.15) is 9.84 Å². The van der Waals surface area contributed by atoms with Crippen LogP contribution >= 0.6 is 11.6 Å². The largest absolute Gasteiger partial charge is 0.314 e. The zero-order chi connectivity index (χ0) is 14.6. The van der Waals surface area contributed by atoms with Crippen LogP contribution in [0, 0.1) is 0 Å². The molecule has 1 saturated carbocycles. The molecule has 20 heavy (non-hydrogen) atoms. The van der Waals surface area contributed by atoms with Crippen LogP contribution in [0.4, 0.5) is 0 Å². The Bertz CT molecular complexity index is 527. The molecule has 1 aliphatic carbocycles. The Labute approximate surface area is 126 Å². The summed E-state index contributed by atoms with van der Waals surface area (Å²) >= 11 is 5.85. The quantitative estimate of drug-likeness (QED) is 0.909. The summed E-state index contributed by atoms with van der Waals surface area (Å²) in [6.45, 7) is 0.878. The van der Waals surface area contributed by atoms with Crippen LogP contribution in [0.15, 0.2) is 24.3 Å². The highest BCUT2D eigenvalue weighted by atomic mass is 35.5. The average Bonchev–Trinajstić information content (AvgIpc) is 2.40. The van der Waals surface area contributed by atoms with Crippen molar-refractivity contribution < 1.29 is 8.42 Å². The third-order valence-corrected chi connectivity index (χ3v) is 5.88. The molecule has 0 spiro atoms. The van der Waals surface area contributed by atoms with Crippen molar-refractivity contribution in [1.29, 1.82) is 0 Å². The lowest BCUT2D eigenvalue weighted by Crippen LogP contribution is -2.39. The van der Waals surface area contributed by atoms with Gasteiger partial charge in [0.25, 0.3) is 0 Å². The van der Waals surface area contributed by atoms with Crippen LogP contribution in [0.5, 0.6) is 0 Å². The van der Waals surface area contributed by atoms with Gasteiger partial charge >= 0.3 is 0 Å². The lowest BCUT2D eigenvalue weighted by Gasteiger charge is -2.28. The summed E-state index contributed by atoms with van der Waals surface area (Å²) < 4.78 is 23.2. The minimum absolute atomic E-state index is 0.163. The van der Waals surface area contributed by atoms with E-state index in [0.717, 1.165) is 43.7 Å². The van der Waals surface area contributed by atoms with Crippen molar-refractivity contribution in [3.05, 3.63) is 34.9 Å². The summed E-state index contributed by atoms with van der Waals surface area (Å²) in [5, 5.41) is 4.08. The van der Waals surface area contributed by atoms with E-state index >= 15 is 0 Å². The fraction of sp³-hybridized carbons (Fsp3) is 0.600. The molecular weight excluding hydrogens is 294 g/mol. The topological polar surface area (TPSA) is 46.2 Å². The molecular formula is C15H22ClNO2S.